The van der Waals surface area contributed by atoms with Crippen molar-refractivity contribution in [2.45, 2.75) is 25.7 Å². The van der Waals surface area contributed by atoms with E-state index in [-0.39, 0.29) is 5.92 Å². The van der Waals surface area contributed by atoms with Crippen LogP contribution in [0.4, 0.5) is 5.69 Å². The minimum Gasteiger partial charge on any atom is -0.359 e. The molecule has 0 N–H and O–H groups in total. The monoisotopic (exact) mass is 336 g/mol. The topological polar surface area (TPSA) is 38.4 Å². The summed E-state index contributed by atoms with van der Waals surface area (Å²) in [5.41, 5.74) is 5.00. The highest BCUT2D eigenvalue weighted by Gasteiger charge is 2.27. The van der Waals surface area contributed by atoms with E-state index in [0.29, 0.717) is 0 Å². The molecule has 0 radical (unpaired) electrons. The summed E-state index contributed by atoms with van der Waals surface area (Å²) in [5.74, 6) is 1.05. The summed E-state index contributed by atoms with van der Waals surface area (Å²) in [6, 6.07) is 18.3. The van der Waals surface area contributed by atoms with Crippen LogP contribution in [0.15, 0.2) is 64.1 Å². The molecule has 0 fully saturated rings. The second kappa shape index (κ2) is 6.25. The standard InChI is InChI=1S/C20H17ClN2O/c1-13-20-19(24-23-13)12-15(16-9-5-6-10-17(16)21)11-18(22-20)14-7-3-2-4-8-14/h2-10,15H,11-12H2,1H3/t15-/m0/s1. The lowest BCUT2D eigenvalue weighted by molar-refractivity contribution is 0.373. The van der Waals surface area contributed by atoms with E-state index in [4.69, 9.17) is 21.1 Å². The molecule has 2 heterocycles. The molecule has 1 aliphatic heterocycles. The van der Waals surface area contributed by atoms with E-state index in [2.05, 4.69) is 23.4 Å². The fourth-order valence-electron chi connectivity index (χ4n) is 3.24. The maximum absolute atomic E-state index is 6.45. The van der Waals surface area contributed by atoms with Crippen molar-refractivity contribution in [1.29, 1.82) is 0 Å². The fourth-order valence-corrected chi connectivity index (χ4v) is 3.53. The average molecular weight is 337 g/mol. The number of halogens is 1. The molecule has 1 aliphatic rings. The van der Waals surface area contributed by atoms with Gasteiger partial charge in [-0.05, 0) is 36.5 Å². The van der Waals surface area contributed by atoms with Crippen LogP contribution in [0.5, 0.6) is 0 Å². The fraction of sp³-hybridized carbons (Fsp3) is 0.200. The third-order valence-corrected chi connectivity index (χ3v) is 4.81. The molecule has 120 valence electrons. The molecule has 1 atom stereocenters. The first-order chi connectivity index (χ1) is 11.7. The summed E-state index contributed by atoms with van der Waals surface area (Å²) >= 11 is 6.45. The van der Waals surface area contributed by atoms with Gasteiger partial charge in [-0.2, -0.15) is 0 Å². The minimum atomic E-state index is 0.214. The maximum atomic E-state index is 6.45. The predicted octanol–water partition coefficient (Wildman–Crippen LogP) is 5.49. The molecular formula is C20H17ClN2O. The zero-order valence-electron chi connectivity index (χ0n) is 13.4. The summed E-state index contributed by atoms with van der Waals surface area (Å²) in [4.78, 5) is 4.89. The van der Waals surface area contributed by atoms with Crippen molar-refractivity contribution in [3.8, 4) is 0 Å². The Morgan fingerprint density at radius 3 is 2.54 bits per heavy atom. The number of aryl methyl sites for hydroxylation is 1. The van der Waals surface area contributed by atoms with Gasteiger partial charge in [0.05, 0.1) is 0 Å². The van der Waals surface area contributed by atoms with Gasteiger partial charge in [-0.1, -0.05) is 65.3 Å². The maximum Gasteiger partial charge on any atom is 0.163 e. The van der Waals surface area contributed by atoms with Crippen molar-refractivity contribution in [2.75, 3.05) is 0 Å². The Morgan fingerprint density at radius 2 is 1.75 bits per heavy atom. The molecule has 0 spiro atoms. The lowest BCUT2D eigenvalue weighted by atomic mass is 9.88. The summed E-state index contributed by atoms with van der Waals surface area (Å²) in [6.45, 7) is 1.93. The number of aromatic nitrogens is 1. The molecular weight excluding hydrogens is 320 g/mol. The highest BCUT2D eigenvalue weighted by Crippen LogP contribution is 2.38. The van der Waals surface area contributed by atoms with Gasteiger partial charge >= 0.3 is 0 Å². The molecule has 2 aromatic carbocycles. The Labute approximate surface area is 146 Å². The number of hydrogen-bond donors (Lipinski definition) is 0. The van der Waals surface area contributed by atoms with Gasteiger partial charge in [-0.3, -0.25) is 0 Å². The van der Waals surface area contributed by atoms with E-state index >= 15 is 0 Å². The van der Waals surface area contributed by atoms with Crippen molar-refractivity contribution in [3.63, 3.8) is 0 Å². The largest absolute Gasteiger partial charge is 0.359 e. The van der Waals surface area contributed by atoms with Gasteiger partial charge in [0.25, 0.3) is 0 Å². The number of benzene rings is 2. The first-order valence-electron chi connectivity index (χ1n) is 8.05. The number of hydrogen-bond acceptors (Lipinski definition) is 3. The first-order valence-corrected chi connectivity index (χ1v) is 8.42. The number of rotatable bonds is 2. The first kappa shape index (κ1) is 15.2. The molecule has 0 saturated carbocycles. The summed E-state index contributed by atoms with van der Waals surface area (Å²) in [5, 5.41) is 4.89. The third kappa shape index (κ3) is 2.76. The average Bonchev–Trinajstić information content (AvgIpc) is 2.84. The molecule has 0 saturated heterocycles. The van der Waals surface area contributed by atoms with E-state index in [1.807, 2.05) is 43.3 Å². The Hall–Kier alpha value is -2.39. The Balaban J connectivity index is 1.83. The molecule has 1 aromatic heterocycles. The quantitative estimate of drug-likeness (QED) is 0.620. The van der Waals surface area contributed by atoms with Crippen LogP contribution < -0.4 is 0 Å². The van der Waals surface area contributed by atoms with Gasteiger partial charge < -0.3 is 4.52 Å². The SMILES string of the molecule is Cc1noc2c1N=C(c1ccccc1)C[C@H](c1ccccc1Cl)C2. The van der Waals surface area contributed by atoms with Crippen molar-refractivity contribution < 1.29 is 4.52 Å². The minimum absolute atomic E-state index is 0.214. The Morgan fingerprint density at radius 1 is 1.00 bits per heavy atom. The summed E-state index contributed by atoms with van der Waals surface area (Å²) in [7, 11) is 0. The van der Waals surface area contributed by atoms with Crippen LogP contribution in [0.3, 0.4) is 0 Å². The lowest BCUT2D eigenvalue weighted by Crippen LogP contribution is -2.09. The number of aliphatic imine (C=N–C) groups is 1. The Kier molecular flexibility index (Phi) is 3.95. The van der Waals surface area contributed by atoms with Crippen molar-refractivity contribution >= 4 is 23.0 Å². The van der Waals surface area contributed by atoms with Gasteiger partial charge in [0, 0.05) is 17.2 Å². The van der Waals surface area contributed by atoms with Crippen LogP contribution in [0.1, 0.15) is 34.9 Å². The normalized spacial score (nSPS) is 17.1. The highest BCUT2D eigenvalue weighted by molar-refractivity contribution is 6.31. The van der Waals surface area contributed by atoms with Gasteiger partial charge in [-0.25, -0.2) is 4.99 Å². The van der Waals surface area contributed by atoms with Crippen molar-refractivity contribution in [2.24, 2.45) is 4.99 Å². The van der Waals surface area contributed by atoms with Crippen LogP contribution in [0.25, 0.3) is 0 Å². The van der Waals surface area contributed by atoms with E-state index in [1.165, 1.54) is 0 Å². The molecule has 0 bridgehead atoms. The van der Waals surface area contributed by atoms with Crippen LogP contribution >= 0.6 is 11.6 Å². The second-order valence-corrected chi connectivity index (χ2v) is 6.50. The van der Waals surface area contributed by atoms with E-state index in [1.54, 1.807) is 0 Å². The smallest absolute Gasteiger partial charge is 0.163 e. The lowest BCUT2D eigenvalue weighted by Gasteiger charge is -2.17. The zero-order valence-corrected chi connectivity index (χ0v) is 14.1. The molecule has 0 aliphatic carbocycles. The predicted molar refractivity (Wildman–Crippen MR) is 96.4 cm³/mol. The summed E-state index contributed by atoms with van der Waals surface area (Å²) < 4.78 is 5.54. The van der Waals surface area contributed by atoms with Crippen LogP contribution in [-0.2, 0) is 6.42 Å². The van der Waals surface area contributed by atoms with Gasteiger partial charge in [0.1, 0.15) is 11.4 Å². The highest BCUT2D eigenvalue weighted by atomic mass is 35.5. The Bertz CT molecular complexity index is 899. The van der Waals surface area contributed by atoms with Crippen LogP contribution in [0, 0.1) is 6.92 Å². The van der Waals surface area contributed by atoms with E-state index in [0.717, 1.165) is 51.8 Å². The van der Waals surface area contributed by atoms with E-state index < -0.39 is 0 Å². The van der Waals surface area contributed by atoms with Crippen molar-refractivity contribution in [1.82, 2.24) is 5.16 Å². The molecule has 4 rings (SSSR count). The molecule has 4 heteroatoms. The van der Waals surface area contributed by atoms with Crippen molar-refractivity contribution in [3.05, 3.63) is 82.2 Å². The van der Waals surface area contributed by atoms with Crippen LogP contribution in [-0.4, -0.2) is 10.9 Å². The van der Waals surface area contributed by atoms with Crippen LogP contribution in [0.2, 0.25) is 5.02 Å². The summed E-state index contributed by atoms with van der Waals surface area (Å²) in [6.07, 6.45) is 1.57. The second-order valence-electron chi connectivity index (χ2n) is 6.09. The third-order valence-electron chi connectivity index (χ3n) is 4.47. The van der Waals surface area contributed by atoms with Gasteiger partial charge in [0.2, 0.25) is 0 Å². The molecule has 3 nitrogen and oxygen atoms in total. The number of nitrogens with zero attached hydrogens (tertiary/aromatic N) is 2. The van der Waals surface area contributed by atoms with E-state index in [9.17, 15) is 0 Å². The molecule has 3 aromatic rings. The van der Waals surface area contributed by atoms with Gasteiger partial charge in [0.15, 0.2) is 5.76 Å². The number of fused-ring (bicyclic) bond motifs is 1. The van der Waals surface area contributed by atoms with Gasteiger partial charge in [-0.15, -0.1) is 0 Å². The zero-order chi connectivity index (χ0) is 16.5. The molecule has 0 unspecified atom stereocenters. The molecule has 0 amide bonds. The molecule has 24 heavy (non-hydrogen) atoms.